The predicted molar refractivity (Wildman–Crippen MR) is 97.2 cm³/mol. The van der Waals surface area contributed by atoms with Crippen molar-refractivity contribution in [1.82, 2.24) is 4.98 Å². The minimum atomic E-state index is -0.299. The number of thiazole rings is 1. The number of rotatable bonds is 3. The first-order valence-corrected chi connectivity index (χ1v) is 8.77. The van der Waals surface area contributed by atoms with Gasteiger partial charge in [-0.15, -0.1) is 0 Å². The quantitative estimate of drug-likeness (QED) is 0.880. The highest BCUT2D eigenvalue weighted by atomic mass is 32.1. The van der Waals surface area contributed by atoms with E-state index in [0.29, 0.717) is 27.7 Å². The molecule has 0 saturated heterocycles. The van der Waals surface area contributed by atoms with E-state index in [1.54, 1.807) is 24.3 Å². The summed E-state index contributed by atoms with van der Waals surface area (Å²) in [4.78, 5) is 40.7. The highest BCUT2D eigenvalue weighted by Gasteiger charge is 2.34. The van der Waals surface area contributed by atoms with Crippen LogP contribution in [0.4, 0.5) is 10.8 Å². The normalized spacial score (nSPS) is 15.4. The number of Topliss-reactive ketones (excluding diaryl/α,β-unsaturated/α-hetero) is 1. The van der Waals surface area contributed by atoms with E-state index < -0.39 is 0 Å². The fourth-order valence-corrected chi connectivity index (χ4v) is 3.77. The van der Waals surface area contributed by atoms with Crippen LogP contribution in [0.25, 0.3) is 0 Å². The average molecular weight is 357 g/mol. The van der Waals surface area contributed by atoms with Crippen LogP contribution in [0.1, 0.15) is 52.9 Å². The van der Waals surface area contributed by atoms with Gasteiger partial charge in [0.2, 0.25) is 5.91 Å². The molecule has 0 atom stereocenters. The van der Waals surface area contributed by atoms with Gasteiger partial charge in [0.05, 0.1) is 10.6 Å². The zero-order valence-corrected chi connectivity index (χ0v) is 15.1. The van der Waals surface area contributed by atoms with E-state index >= 15 is 0 Å². The van der Waals surface area contributed by atoms with Crippen molar-refractivity contribution in [1.29, 1.82) is 0 Å². The van der Waals surface area contributed by atoms with Crippen molar-refractivity contribution in [2.75, 3.05) is 10.6 Å². The number of nitrogens with one attached hydrogen (secondary N) is 2. The number of nitrogens with zero attached hydrogens (tertiary/aromatic N) is 1. The van der Waals surface area contributed by atoms with Crippen LogP contribution in [0.5, 0.6) is 0 Å². The van der Waals surface area contributed by atoms with Crippen molar-refractivity contribution in [3.8, 4) is 0 Å². The molecule has 1 aromatic heterocycles. The lowest BCUT2D eigenvalue weighted by molar-refractivity contribution is -0.114. The Morgan fingerprint density at radius 2 is 1.80 bits per heavy atom. The fraction of sp³-hybridized carbons (Fsp3) is 0.333. The summed E-state index contributed by atoms with van der Waals surface area (Å²) in [6, 6.07) is 6.58. The van der Waals surface area contributed by atoms with E-state index in [1.807, 2.05) is 13.8 Å². The molecule has 0 spiro atoms. The molecule has 2 aromatic rings. The van der Waals surface area contributed by atoms with Gasteiger partial charge in [0.15, 0.2) is 10.9 Å². The molecule has 0 radical (unpaired) electrons. The summed E-state index contributed by atoms with van der Waals surface area (Å²) in [5, 5.41) is 5.84. The van der Waals surface area contributed by atoms with Gasteiger partial charge in [-0.3, -0.25) is 19.7 Å². The van der Waals surface area contributed by atoms with Gasteiger partial charge in [-0.1, -0.05) is 25.2 Å². The molecule has 1 aromatic carbocycles. The Labute approximate surface area is 149 Å². The van der Waals surface area contributed by atoms with Gasteiger partial charge in [0.25, 0.3) is 5.91 Å². The Bertz CT molecular complexity index is 853. The molecule has 1 aliphatic carbocycles. The fourth-order valence-electron chi connectivity index (χ4n) is 2.85. The summed E-state index contributed by atoms with van der Waals surface area (Å²) in [6.45, 7) is 5.51. The molecule has 0 saturated carbocycles. The summed E-state index contributed by atoms with van der Waals surface area (Å²) in [6.07, 6.45) is 1.23. The first kappa shape index (κ1) is 17.3. The number of ketones is 1. The molecule has 2 N–H and O–H groups in total. The van der Waals surface area contributed by atoms with Gasteiger partial charge in [0, 0.05) is 24.6 Å². The van der Waals surface area contributed by atoms with Gasteiger partial charge >= 0.3 is 0 Å². The molecule has 0 bridgehead atoms. The molecule has 6 nitrogen and oxygen atoms in total. The van der Waals surface area contributed by atoms with Crippen LogP contribution < -0.4 is 10.6 Å². The molecule has 3 rings (SSSR count). The number of amides is 2. The molecule has 2 amide bonds. The van der Waals surface area contributed by atoms with E-state index in [9.17, 15) is 14.4 Å². The minimum absolute atomic E-state index is 0.0870. The van der Waals surface area contributed by atoms with E-state index in [4.69, 9.17) is 0 Å². The first-order chi connectivity index (χ1) is 11.7. The Morgan fingerprint density at radius 3 is 2.44 bits per heavy atom. The topological polar surface area (TPSA) is 88.2 Å². The summed E-state index contributed by atoms with van der Waals surface area (Å²) < 4.78 is 0. The van der Waals surface area contributed by atoms with Gasteiger partial charge in [0.1, 0.15) is 0 Å². The van der Waals surface area contributed by atoms with Gasteiger partial charge in [-0.2, -0.15) is 0 Å². The maximum Gasteiger partial charge on any atom is 0.257 e. The summed E-state index contributed by atoms with van der Waals surface area (Å²) in [5.74, 6) is -0.380. The zero-order chi connectivity index (χ0) is 18.2. The van der Waals surface area contributed by atoms with E-state index in [2.05, 4.69) is 15.6 Å². The molecule has 0 fully saturated rings. The van der Waals surface area contributed by atoms with Crippen molar-refractivity contribution in [2.45, 2.75) is 33.6 Å². The van der Waals surface area contributed by atoms with Crippen molar-refractivity contribution < 1.29 is 14.4 Å². The standard InChI is InChI=1S/C18H19N3O3S/c1-10(22)19-12-6-4-11(5-7-12)16(24)21-17-20-13-8-18(2,3)9-14(23)15(13)25-17/h4-7H,8-9H2,1-3H3,(H,19,22)(H,20,21,24). The van der Waals surface area contributed by atoms with Gasteiger partial charge in [-0.05, 0) is 36.1 Å². The maximum absolute atomic E-state index is 12.4. The van der Waals surface area contributed by atoms with Crippen LogP contribution in [0, 0.1) is 5.41 Å². The van der Waals surface area contributed by atoms with E-state index in [-0.39, 0.29) is 23.0 Å². The molecule has 1 aliphatic rings. The summed E-state index contributed by atoms with van der Waals surface area (Å²) in [7, 11) is 0. The molecule has 130 valence electrons. The third-order valence-corrected chi connectivity index (χ3v) is 4.98. The van der Waals surface area contributed by atoms with Crippen molar-refractivity contribution in [2.24, 2.45) is 5.41 Å². The van der Waals surface area contributed by atoms with Gasteiger partial charge in [-0.25, -0.2) is 4.98 Å². The second-order valence-corrected chi connectivity index (χ2v) is 7.95. The van der Waals surface area contributed by atoms with Crippen LogP contribution in [-0.4, -0.2) is 22.6 Å². The predicted octanol–water partition coefficient (Wildman–Crippen LogP) is 3.51. The molecule has 7 heteroatoms. The number of hydrogen-bond acceptors (Lipinski definition) is 5. The monoisotopic (exact) mass is 357 g/mol. The first-order valence-electron chi connectivity index (χ1n) is 7.95. The Balaban J connectivity index is 1.74. The number of aromatic nitrogens is 1. The molecule has 25 heavy (non-hydrogen) atoms. The molecule has 0 unspecified atom stereocenters. The zero-order valence-electron chi connectivity index (χ0n) is 14.3. The largest absolute Gasteiger partial charge is 0.326 e. The Kier molecular flexibility index (Phi) is 4.43. The van der Waals surface area contributed by atoms with Crippen molar-refractivity contribution in [3.63, 3.8) is 0 Å². The van der Waals surface area contributed by atoms with E-state index in [0.717, 1.165) is 12.1 Å². The SMILES string of the molecule is CC(=O)Nc1ccc(C(=O)Nc2nc3c(s2)C(=O)CC(C)(C)C3)cc1. The van der Waals surface area contributed by atoms with Crippen LogP contribution >= 0.6 is 11.3 Å². The highest BCUT2D eigenvalue weighted by Crippen LogP contribution is 2.38. The molecule has 1 heterocycles. The van der Waals surface area contributed by atoms with Crippen LogP contribution in [0.15, 0.2) is 24.3 Å². The van der Waals surface area contributed by atoms with Crippen molar-refractivity contribution >= 4 is 39.8 Å². The van der Waals surface area contributed by atoms with E-state index in [1.165, 1.54) is 18.3 Å². The highest BCUT2D eigenvalue weighted by molar-refractivity contribution is 7.17. The summed E-state index contributed by atoms with van der Waals surface area (Å²) in [5.41, 5.74) is 1.75. The Hall–Kier alpha value is -2.54. The number of hydrogen-bond donors (Lipinski definition) is 2. The molecular formula is C18H19N3O3S. The lowest BCUT2D eigenvalue weighted by atomic mass is 9.78. The lowest BCUT2D eigenvalue weighted by Gasteiger charge is -2.26. The lowest BCUT2D eigenvalue weighted by Crippen LogP contribution is -2.26. The third-order valence-electron chi connectivity index (χ3n) is 3.92. The molecule has 0 aliphatic heterocycles. The third kappa shape index (κ3) is 3.93. The number of benzene rings is 1. The number of carbonyl (C=O) groups excluding carboxylic acids is 3. The Morgan fingerprint density at radius 1 is 1.12 bits per heavy atom. The van der Waals surface area contributed by atoms with Gasteiger partial charge < -0.3 is 5.32 Å². The van der Waals surface area contributed by atoms with Crippen LogP contribution in [0.3, 0.4) is 0 Å². The molecular weight excluding hydrogens is 338 g/mol. The second-order valence-electron chi connectivity index (χ2n) is 6.95. The number of anilines is 2. The van der Waals surface area contributed by atoms with Crippen LogP contribution in [-0.2, 0) is 11.2 Å². The van der Waals surface area contributed by atoms with Crippen LogP contribution in [0.2, 0.25) is 0 Å². The summed E-state index contributed by atoms with van der Waals surface area (Å²) >= 11 is 1.23. The van der Waals surface area contributed by atoms with Crippen molar-refractivity contribution in [3.05, 3.63) is 40.4 Å². The average Bonchev–Trinajstić information content (AvgIpc) is 2.88. The second kappa shape index (κ2) is 6.40. The number of carbonyl (C=O) groups is 3. The maximum atomic E-state index is 12.4. The number of fused-ring (bicyclic) bond motifs is 1. The minimum Gasteiger partial charge on any atom is -0.326 e. The smallest absolute Gasteiger partial charge is 0.257 e.